The fraction of sp³-hybridized carbons (Fsp3) is 0.550. The van der Waals surface area contributed by atoms with E-state index < -0.39 is 0 Å². The van der Waals surface area contributed by atoms with Crippen molar-refractivity contribution in [3.05, 3.63) is 23.8 Å². The van der Waals surface area contributed by atoms with E-state index in [9.17, 15) is 9.59 Å². The smallest absolute Gasteiger partial charge is 0.309 e. The molecule has 8 heteroatoms. The monoisotopic (exact) mass is 386 g/mol. The van der Waals surface area contributed by atoms with Crippen LogP contribution in [0, 0.1) is 12.8 Å². The predicted octanol–water partition coefficient (Wildman–Crippen LogP) is 2.89. The summed E-state index contributed by atoms with van der Waals surface area (Å²) in [5.74, 6) is 0.738. The van der Waals surface area contributed by atoms with Gasteiger partial charge < -0.3 is 9.47 Å². The summed E-state index contributed by atoms with van der Waals surface area (Å²) in [7, 11) is 1.70. The van der Waals surface area contributed by atoms with E-state index in [1.54, 1.807) is 19.4 Å². The van der Waals surface area contributed by atoms with Crippen LogP contribution in [0.5, 0.6) is 5.75 Å². The van der Waals surface area contributed by atoms with Crippen LogP contribution in [0.3, 0.4) is 0 Å². The molecule has 2 heterocycles. The largest absolute Gasteiger partial charge is 0.487 e. The Morgan fingerprint density at radius 3 is 2.79 bits per heavy atom. The molecule has 2 aromatic rings. The summed E-state index contributed by atoms with van der Waals surface area (Å²) in [4.78, 5) is 32.3. The van der Waals surface area contributed by atoms with E-state index in [1.165, 1.54) is 4.68 Å². The highest BCUT2D eigenvalue weighted by molar-refractivity contribution is 5.83. The molecule has 8 nitrogen and oxygen atoms in total. The van der Waals surface area contributed by atoms with Crippen LogP contribution in [-0.2, 0) is 16.6 Å². The molecule has 1 saturated carbocycles. The first-order valence-corrected chi connectivity index (χ1v) is 9.57. The number of aldehydes is 1. The minimum atomic E-state index is -0.149. The molecule has 0 unspecified atom stereocenters. The molecule has 0 N–H and O–H groups in total. The lowest BCUT2D eigenvalue weighted by Crippen LogP contribution is -2.32. The molecule has 2 atom stereocenters. The lowest BCUT2D eigenvalue weighted by Gasteiger charge is -2.29. The van der Waals surface area contributed by atoms with Crippen molar-refractivity contribution in [3.63, 3.8) is 0 Å². The van der Waals surface area contributed by atoms with Gasteiger partial charge in [-0.3, -0.25) is 14.3 Å². The molecule has 150 valence electrons. The Morgan fingerprint density at radius 2 is 2.11 bits per heavy atom. The Balaban J connectivity index is 1.71. The van der Waals surface area contributed by atoms with Crippen LogP contribution in [0.25, 0.3) is 11.4 Å². The number of hydrogen-bond acceptors (Lipinski definition) is 7. The molecule has 0 spiro atoms. The molecule has 0 aromatic carbocycles. The third-order valence-corrected chi connectivity index (χ3v) is 4.88. The van der Waals surface area contributed by atoms with Crippen molar-refractivity contribution >= 4 is 12.3 Å². The van der Waals surface area contributed by atoms with Crippen molar-refractivity contribution in [2.45, 2.75) is 58.7 Å². The third kappa shape index (κ3) is 4.37. The third-order valence-electron chi connectivity index (χ3n) is 4.88. The maximum Gasteiger partial charge on any atom is 0.309 e. The van der Waals surface area contributed by atoms with Crippen LogP contribution in [-0.4, -0.2) is 44.2 Å². The lowest BCUT2D eigenvalue weighted by molar-refractivity contribution is -0.154. The van der Waals surface area contributed by atoms with E-state index in [0.717, 1.165) is 25.5 Å². The Morgan fingerprint density at radius 1 is 1.32 bits per heavy atom. The maximum atomic E-state index is 12.2. The molecular formula is C20H26N4O4. The molecule has 28 heavy (non-hydrogen) atoms. The van der Waals surface area contributed by atoms with Crippen molar-refractivity contribution in [2.24, 2.45) is 13.0 Å². The fourth-order valence-electron chi connectivity index (χ4n) is 3.43. The van der Waals surface area contributed by atoms with Gasteiger partial charge in [0.1, 0.15) is 5.69 Å². The summed E-state index contributed by atoms with van der Waals surface area (Å²) in [5.41, 5.74) is 1.69. The van der Waals surface area contributed by atoms with Crippen LogP contribution in [0.4, 0.5) is 0 Å². The molecule has 0 bridgehead atoms. The molecule has 2 aromatic heterocycles. The molecular weight excluding hydrogens is 360 g/mol. The second-order valence-electron chi connectivity index (χ2n) is 7.42. The van der Waals surface area contributed by atoms with Gasteiger partial charge in [0.25, 0.3) is 0 Å². The summed E-state index contributed by atoms with van der Waals surface area (Å²) in [5, 5.41) is 4.09. The van der Waals surface area contributed by atoms with Gasteiger partial charge in [0.2, 0.25) is 0 Å². The topological polar surface area (TPSA) is 96.2 Å². The van der Waals surface area contributed by atoms with Gasteiger partial charge in [0.15, 0.2) is 17.9 Å². The minimum absolute atomic E-state index is 0.0736. The Hall–Kier alpha value is -2.77. The van der Waals surface area contributed by atoms with Crippen LogP contribution in [0.2, 0.25) is 0 Å². The predicted molar refractivity (Wildman–Crippen MR) is 102 cm³/mol. The SMILES string of the molecule is Cc1nc(-c2cnn(C)c2C=O)ncc1O[C@H]1CCC[C@H](C(=O)OC(C)C)C1. The number of carbonyl (C=O) groups excluding carboxylic acids is 2. The average molecular weight is 386 g/mol. The summed E-state index contributed by atoms with van der Waals surface area (Å²) >= 11 is 0. The molecule has 1 aliphatic rings. The Labute approximate surface area is 164 Å². The molecule has 3 rings (SSSR count). The van der Waals surface area contributed by atoms with E-state index in [-0.39, 0.29) is 24.1 Å². The van der Waals surface area contributed by atoms with Gasteiger partial charge in [0.05, 0.1) is 41.8 Å². The number of aryl methyl sites for hydroxylation is 2. The zero-order chi connectivity index (χ0) is 20.3. The van der Waals surface area contributed by atoms with E-state index in [4.69, 9.17) is 9.47 Å². The lowest BCUT2D eigenvalue weighted by atomic mass is 9.87. The van der Waals surface area contributed by atoms with Gasteiger partial charge in [0, 0.05) is 7.05 Å². The number of nitrogens with zero attached hydrogens (tertiary/aromatic N) is 4. The molecule has 1 fully saturated rings. The highest BCUT2D eigenvalue weighted by atomic mass is 16.5. The standard InChI is InChI=1S/C20H26N4O4/c1-12(2)27-20(26)14-6-5-7-15(8-14)28-18-10-21-19(23-13(18)3)16-9-22-24(4)17(16)11-25/h9-12,14-15H,5-8H2,1-4H3/t14-,15-/m0/s1. The van der Waals surface area contributed by atoms with Gasteiger partial charge in [-0.2, -0.15) is 5.10 Å². The number of ether oxygens (including phenoxy) is 2. The summed E-state index contributed by atoms with van der Waals surface area (Å²) < 4.78 is 12.9. The number of rotatable bonds is 6. The van der Waals surface area contributed by atoms with E-state index in [2.05, 4.69) is 15.1 Å². The van der Waals surface area contributed by atoms with Gasteiger partial charge in [-0.15, -0.1) is 0 Å². The second-order valence-corrected chi connectivity index (χ2v) is 7.42. The highest BCUT2D eigenvalue weighted by Gasteiger charge is 2.30. The van der Waals surface area contributed by atoms with E-state index in [0.29, 0.717) is 34.9 Å². The highest BCUT2D eigenvalue weighted by Crippen LogP contribution is 2.30. The average Bonchev–Trinajstić information content (AvgIpc) is 3.03. The van der Waals surface area contributed by atoms with Crippen molar-refractivity contribution in [1.29, 1.82) is 0 Å². The molecule has 0 saturated heterocycles. The number of aromatic nitrogens is 4. The summed E-state index contributed by atoms with van der Waals surface area (Å²) in [6, 6.07) is 0. The Bertz CT molecular complexity index is 862. The normalized spacial score (nSPS) is 19.5. The van der Waals surface area contributed by atoms with Crippen LogP contribution in [0.15, 0.2) is 12.4 Å². The van der Waals surface area contributed by atoms with Crippen molar-refractivity contribution in [2.75, 3.05) is 0 Å². The zero-order valence-corrected chi connectivity index (χ0v) is 16.7. The van der Waals surface area contributed by atoms with E-state index >= 15 is 0 Å². The molecule has 1 aliphatic carbocycles. The molecule has 0 aliphatic heterocycles. The van der Waals surface area contributed by atoms with Gasteiger partial charge in [-0.25, -0.2) is 9.97 Å². The minimum Gasteiger partial charge on any atom is -0.487 e. The van der Waals surface area contributed by atoms with Gasteiger partial charge in [-0.1, -0.05) is 0 Å². The van der Waals surface area contributed by atoms with Crippen LogP contribution < -0.4 is 4.74 Å². The zero-order valence-electron chi connectivity index (χ0n) is 16.7. The van der Waals surface area contributed by atoms with E-state index in [1.807, 2.05) is 20.8 Å². The molecule has 0 radical (unpaired) electrons. The maximum absolute atomic E-state index is 12.2. The van der Waals surface area contributed by atoms with Crippen molar-refractivity contribution in [3.8, 4) is 17.1 Å². The summed E-state index contributed by atoms with van der Waals surface area (Å²) in [6.45, 7) is 5.55. The quantitative estimate of drug-likeness (QED) is 0.556. The Kier molecular flexibility index (Phi) is 6.06. The van der Waals surface area contributed by atoms with Crippen molar-refractivity contribution < 1.29 is 19.1 Å². The first-order valence-electron chi connectivity index (χ1n) is 9.57. The second kappa shape index (κ2) is 8.50. The van der Waals surface area contributed by atoms with Gasteiger partial charge in [-0.05, 0) is 46.5 Å². The molecule has 0 amide bonds. The number of hydrogen-bond donors (Lipinski definition) is 0. The fourth-order valence-corrected chi connectivity index (χ4v) is 3.43. The number of esters is 1. The van der Waals surface area contributed by atoms with Crippen LogP contribution >= 0.6 is 0 Å². The van der Waals surface area contributed by atoms with Gasteiger partial charge >= 0.3 is 5.97 Å². The first kappa shape index (κ1) is 20.0. The van der Waals surface area contributed by atoms with Crippen LogP contribution in [0.1, 0.15) is 55.7 Å². The van der Waals surface area contributed by atoms with Crippen molar-refractivity contribution in [1.82, 2.24) is 19.7 Å². The first-order chi connectivity index (χ1) is 13.4. The summed E-state index contributed by atoms with van der Waals surface area (Å²) in [6.07, 6.45) is 7.00. The number of carbonyl (C=O) groups is 2.